The lowest BCUT2D eigenvalue weighted by molar-refractivity contribution is -0.138. The van der Waals surface area contributed by atoms with Crippen LogP contribution in [0.4, 0.5) is 0 Å². The van der Waals surface area contributed by atoms with Gasteiger partial charge in [0, 0.05) is 12.8 Å². The van der Waals surface area contributed by atoms with Crippen molar-refractivity contribution in [2.75, 3.05) is 0 Å². The van der Waals surface area contributed by atoms with Crippen LogP contribution >= 0.6 is 0 Å². The summed E-state index contributed by atoms with van der Waals surface area (Å²) in [4.78, 5) is 21.3. The summed E-state index contributed by atoms with van der Waals surface area (Å²) in [6, 6.07) is 6.42. The molecule has 0 aliphatic rings. The van der Waals surface area contributed by atoms with Crippen LogP contribution in [0.2, 0.25) is 0 Å². The van der Waals surface area contributed by atoms with Crippen molar-refractivity contribution in [2.45, 2.75) is 77.6 Å². The number of hydrogen-bond acceptors (Lipinski definition) is 2. The minimum absolute atomic E-state index is 0.226. The fourth-order valence-corrected chi connectivity index (χ4v) is 3.01. The van der Waals surface area contributed by atoms with Crippen molar-refractivity contribution < 1.29 is 19.8 Å². The Morgan fingerprint density at radius 3 is 1.79 bits per heavy atom. The monoisotopic (exact) mass is 334 g/mol. The first-order chi connectivity index (χ1) is 11.5. The Kier molecular flexibility index (Phi) is 9.81. The molecule has 0 aliphatic carbocycles. The molecule has 0 bridgehead atoms. The van der Waals surface area contributed by atoms with Crippen LogP contribution in [0.1, 0.15) is 75.0 Å². The van der Waals surface area contributed by atoms with E-state index in [0.29, 0.717) is 12.8 Å². The molecule has 0 unspecified atom stereocenters. The molecule has 0 saturated heterocycles. The third kappa shape index (κ3) is 8.14. The molecular weight excluding hydrogens is 304 g/mol. The molecule has 0 radical (unpaired) electrons. The molecule has 0 amide bonds. The summed E-state index contributed by atoms with van der Waals surface area (Å²) in [6.45, 7) is 2.18. The van der Waals surface area contributed by atoms with Gasteiger partial charge < -0.3 is 10.2 Å². The van der Waals surface area contributed by atoms with Crippen molar-refractivity contribution in [2.24, 2.45) is 0 Å². The van der Waals surface area contributed by atoms with E-state index in [1.54, 1.807) is 0 Å². The number of carboxylic acid groups (broad SMARTS) is 2. The molecule has 1 aromatic carbocycles. The SMILES string of the molecule is CCCCc1cccc(CCCCC(=O)O)c1CCCCC(=O)O. The normalized spacial score (nSPS) is 10.7. The van der Waals surface area contributed by atoms with Crippen LogP contribution in [0.3, 0.4) is 0 Å². The molecule has 1 rings (SSSR count). The summed E-state index contributed by atoms with van der Waals surface area (Å²) < 4.78 is 0. The maximum atomic E-state index is 10.7. The second kappa shape index (κ2) is 11.7. The lowest BCUT2D eigenvalue weighted by Crippen LogP contribution is -2.03. The van der Waals surface area contributed by atoms with E-state index in [-0.39, 0.29) is 12.8 Å². The largest absolute Gasteiger partial charge is 0.481 e. The summed E-state index contributed by atoms with van der Waals surface area (Å²) in [7, 11) is 0. The van der Waals surface area contributed by atoms with Crippen LogP contribution in [0.25, 0.3) is 0 Å². The molecule has 4 nitrogen and oxygen atoms in total. The lowest BCUT2D eigenvalue weighted by Gasteiger charge is -2.15. The second-order valence-corrected chi connectivity index (χ2v) is 6.36. The number of aryl methyl sites for hydroxylation is 2. The molecule has 0 aromatic heterocycles. The number of hydrogen-bond donors (Lipinski definition) is 2. The van der Waals surface area contributed by atoms with Gasteiger partial charge in [-0.05, 0) is 68.1 Å². The Morgan fingerprint density at radius 1 is 0.792 bits per heavy atom. The Bertz CT molecular complexity index is 522. The van der Waals surface area contributed by atoms with E-state index in [2.05, 4.69) is 25.1 Å². The highest BCUT2D eigenvalue weighted by atomic mass is 16.4. The smallest absolute Gasteiger partial charge is 0.303 e. The van der Waals surface area contributed by atoms with Crippen LogP contribution in [0, 0.1) is 0 Å². The fourth-order valence-electron chi connectivity index (χ4n) is 3.01. The van der Waals surface area contributed by atoms with Crippen molar-refractivity contribution in [3.8, 4) is 0 Å². The standard InChI is InChI=1S/C20H30O4/c1-2-3-9-16-11-8-12-17(10-4-6-14-19(21)22)18(16)13-5-7-15-20(23)24/h8,11-12H,2-7,9-10,13-15H2,1H3,(H,21,22)(H,23,24). The van der Waals surface area contributed by atoms with Crippen molar-refractivity contribution in [3.63, 3.8) is 0 Å². The predicted molar refractivity (Wildman–Crippen MR) is 95.4 cm³/mol. The Hall–Kier alpha value is -1.84. The summed E-state index contributed by atoms with van der Waals surface area (Å²) in [5.41, 5.74) is 4.05. The van der Waals surface area contributed by atoms with Crippen LogP contribution in [-0.4, -0.2) is 22.2 Å². The third-order valence-electron chi connectivity index (χ3n) is 4.32. The highest BCUT2D eigenvalue weighted by Crippen LogP contribution is 2.22. The summed E-state index contributed by atoms with van der Waals surface area (Å²) in [5.74, 6) is -1.47. The Balaban J connectivity index is 2.71. The molecule has 0 aliphatic heterocycles. The van der Waals surface area contributed by atoms with Crippen LogP contribution in [0.5, 0.6) is 0 Å². The fraction of sp³-hybridized carbons (Fsp3) is 0.600. The van der Waals surface area contributed by atoms with Crippen molar-refractivity contribution in [1.82, 2.24) is 0 Å². The Labute approximate surface area is 144 Å². The minimum atomic E-state index is -0.736. The van der Waals surface area contributed by atoms with E-state index in [1.165, 1.54) is 16.7 Å². The average molecular weight is 334 g/mol. The van der Waals surface area contributed by atoms with E-state index < -0.39 is 11.9 Å². The van der Waals surface area contributed by atoms with Gasteiger partial charge >= 0.3 is 11.9 Å². The van der Waals surface area contributed by atoms with Crippen molar-refractivity contribution >= 4 is 11.9 Å². The van der Waals surface area contributed by atoms with E-state index in [0.717, 1.165) is 44.9 Å². The van der Waals surface area contributed by atoms with Gasteiger partial charge in [0.05, 0.1) is 0 Å². The van der Waals surface area contributed by atoms with Gasteiger partial charge in [-0.15, -0.1) is 0 Å². The summed E-state index contributed by atoms with van der Waals surface area (Å²) >= 11 is 0. The molecule has 1 aromatic rings. The predicted octanol–water partition coefficient (Wildman–Crippen LogP) is 4.62. The zero-order chi connectivity index (χ0) is 17.8. The van der Waals surface area contributed by atoms with Gasteiger partial charge in [-0.2, -0.15) is 0 Å². The van der Waals surface area contributed by atoms with Crippen LogP contribution < -0.4 is 0 Å². The van der Waals surface area contributed by atoms with Crippen molar-refractivity contribution in [1.29, 1.82) is 0 Å². The molecule has 24 heavy (non-hydrogen) atoms. The number of carboxylic acids is 2. The lowest BCUT2D eigenvalue weighted by atomic mass is 9.90. The van der Waals surface area contributed by atoms with Crippen molar-refractivity contribution in [3.05, 3.63) is 34.9 Å². The minimum Gasteiger partial charge on any atom is -0.481 e. The quantitative estimate of drug-likeness (QED) is 0.516. The molecule has 2 N–H and O–H groups in total. The molecule has 0 fully saturated rings. The molecular formula is C20H30O4. The molecule has 0 spiro atoms. The first kappa shape index (κ1) is 20.2. The summed E-state index contributed by atoms with van der Waals surface area (Å²) in [6.07, 6.45) is 8.82. The third-order valence-corrected chi connectivity index (χ3v) is 4.32. The highest BCUT2D eigenvalue weighted by Gasteiger charge is 2.09. The highest BCUT2D eigenvalue weighted by molar-refractivity contribution is 5.66. The van der Waals surface area contributed by atoms with Crippen LogP contribution in [0.15, 0.2) is 18.2 Å². The number of aliphatic carboxylic acids is 2. The van der Waals surface area contributed by atoms with E-state index in [9.17, 15) is 9.59 Å². The first-order valence-electron chi connectivity index (χ1n) is 9.07. The molecule has 0 atom stereocenters. The first-order valence-corrected chi connectivity index (χ1v) is 9.07. The van der Waals surface area contributed by atoms with Gasteiger partial charge in [0.25, 0.3) is 0 Å². The number of rotatable bonds is 13. The number of benzene rings is 1. The van der Waals surface area contributed by atoms with Crippen LogP contribution in [-0.2, 0) is 28.9 Å². The van der Waals surface area contributed by atoms with Gasteiger partial charge in [-0.25, -0.2) is 0 Å². The maximum Gasteiger partial charge on any atom is 0.303 e. The number of carbonyl (C=O) groups is 2. The topological polar surface area (TPSA) is 74.6 Å². The Morgan fingerprint density at radius 2 is 1.29 bits per heavy atom. The molecule has 0 heterocycles. The van der Waals surface area contributed by atoms with E-state index >= 15 is 0 Å². The van der Waals surface area contributed by atoms with Gasteiger partial charge in [0.2, 0.25) is 0 Å². The molecule has 0 saturated carbocycles. The zero-order valence-electron chi connectivity index (χ0n) is 14.7. The van der Waals surface area contributed by atoms with E-state index in [4.69, 9.17) is 10.2 Å². The second-order valence-electron chi connectivity index (χ2n) is 6.36. The summed E-state index contributed by atoms with van der Waals surface area (Å²) in [5, 5.41) is 17.5. The van der Waals surface area contributed by atoms with Gasteiger partial charge in [-0.3, -0.25) is 9.59 Å². The number of unbranched alkanes of at least 4 members (excludes halogenated alkanes) is 3. The van der Waals surface area contributed by atoms with Gasteiger partial charge in [0.15, 0.2) is 0 Å². The zero-order valence-corrected chi connectivity index (χ0v) is 14.7. The average Bonchev–Trinajstić information content (AvgIpc) is 2.54. The van der Waals surface area contributed by atoms with Gasteiger partial charge in [0.1, 0.15) is 0 Å². The van der Waals surface area contributed by atoms with E-state index in [1.807, 2.05) is 0 Å². The molecule has 4 heteroatoms. The van der Waals surface area contributed by atoms with Gasteiger partial charge in [-0.1, -0.05) is 31.5 Å². The molecule has 134 valence electrons. The maximum absolute atomic E-state index is 10.7.